The monoisotopic (exact) mass is 446 g/mol. The van der Waals surface area contributed by atoms with Crippen LogP contribution >= 0.6 is 0 Å². The van der Waals surface area contributed by atoms with Crippen molar-refractivity contribution in [2.75, 3.05) is 13.1 Å². The summed E-state index contributed by atoms with van der Waals surface area (Å²) in [6.07, 6.45) is 0. The lowest BCUT2D eigenvalue weighted by Crippen LogP contribution is -2.44. The number of benzene rings is 4. The van der Waals surface area contributed by atoms with Gasteiger partial charge in [-0.25, -0.2) is 0 Å². The predicted octanol–water partition coefficient (Wildman–Crippen LogP) is 4.01. The molecule has 4 N–H and O–H groups in total. The van der Waals surface area contributed by atoms with Crippen molar-refractivity contribution in [1.82, 2.24) is 10.6 Å². The molecule has 0 fully saturated rings. The zero-order valence-corrected chi connectivity index (χ0v) is 18.8. The van der Waals surface area contributed by atoms with Gasteiger partial charge in [-0.05, 0) is 56.1 Å². The second-order valence-corrected chi connectivity index (χ2v) is 9.73. The molecular formula is C30H26N2O2. The summed E-state index contributed by atoms with van der Waals surface area (Å²) in [5.41, 5.74) is 8.39. The highest BCUT2D eigenvalue weighted by Gasteiger charge is 2.45. The summed E-state index contributed by atoms with van der Waals surface area (Å²) in [6.45, 7) is 2.45. The molecule has 0 saturated carbocycles. The second-order valence-electron chi connectivity index (χ2n) is 9.73. The van der Waals surface area contributed by atoms with Crippen molar-refractivity contribution in [2.24, 2.45) is 0 Å². The van der Waals surface area contributed by atoms with Crippen molar-refractivity contribution in [3.63, 3.8) is 0 Å². The van der Waals surface area contributed by atoms with Crippen LogP contribution in [0.3, 0.4) is 0 Å². The van der Waals surface area contributed by atoms with Crippen LogP contribution in [0.25, 0.3) is 22.3 Å². The van der Waals surface area contributed by atoms with E-state index in [0.717, 1.165) is 56.6 Å². The molecule has 2 atom stereocenters. The smallest absolute Gasteiger partial charge is 0.128 e. The van der Waals surface area contributed by atoms with E-state index in [9.17, 15) is 10.2 Å². The number of hydrogen-bond donors (Lipinski definition) is 4. The van der Waals surface area contributed by atoms with E-state index in [4.69, 9.17) is 0 Å². The zero-order valence-electron chi connectivity index (χ0n) is 18.8. The first-order valence-corrected chi connectivity index (χ1v) is 11.9. The first kappa shape index (κ1) is 20.1. The summed E-state index contributed by atoms with van der Waals surface area (Å²) < 4.78 is 0. The molecule has 1 aliphatic carbocycles. The topological polar surface area (TPSA) is 64.5 Å². The van der Waals surface area contributed by atoms with Gasteiger partial charge in [-0.1, -0.05) is 78.9 Å². The average molecular weight is 447 g/mol. The van der Waals surface area contributed by atoms with Crippen molar-refractivity contribution in [1.29, 1.82) is 0 Å². The van der Waals surface area contributed by atoms with Crippen molar-refractivity contribution in [3.8, 4) is 22.3 Å². The van der Waals surface area contributed by atoms with E-state index in [1.807, 2.05) is 42.5 Å². The molecule has 4 nitrogen and oxygen atoms in total. The van der Waals surface area contributed by atoms with Crippen LogP contribution in [0.1, 0.15) is 33.4 Å². The Hall–Kier alpha value is -3.28. The highest BCUT2D eigenvalue weighted by molar-refractivity contribution is 5.85. The minimum Gasteiger partial charge on any atom is -0.379 e. The zero-order chi connectivity index (χ0) is 22.9. The molecule has 2 unspecified atom stereocenters. The third-order valence-corrected chi connectivity index (χ3v) is 7.88. The average Bonchev–Trinajstić information content (AvgIpc) is 3.14. The van der Waals surface area contributed by atoms with Gasteiger partial charge in [0.25, 0.3) is 0 Å². The summed E-state index contributed by atoms with van der Waals surface area (Å²) in [4.78, 5) is 0. The fourth-order valence-corrected chi connectivity index (χ4v) is 6.32. The lowest BCUT2D eigenvalue weighted by atomic mass is 9.78. The van der Waals surface area contributed by atoms with Crippen molar-refractivity contribution in [2.45, 2.75) is 24.3 Å². The number of hydrogen-bond acceptors (Lipinski definition) is 4. The number of rotatable bonds is 2. The molecule has 168 valence electrons. The van der Waals surface area contributed by atoms with Crippen LogP contribution < -0.4 is 10.6 Å². The molecule has 4 aromatic carbocycles. The fraction of sp³-hybridized carbons (Fsp3) is 0.200. The quantitative estimate of drug-likeness (QED) is 0.376. The molecule has 0 amide bonds. The van der Waals surface area contributed by atoms with Crippen molar-refractivity contribution in [3.05, 3.63) is 118 Å². The normalized spacial score (nSPS) is 24.3. The van der Waals surface area contributed by atoms with E-state index in [0.29, 0.717) is 19.6 Å². The molecule has 0 aromatic heterocycles. The Labute approximate surface area is 198 Å². The molecule has 2 heterocycles. The molecule has 0 saturated heterocycles. The van der Waals surface area contributed by atoms with Gasteiger partial charge < -0.3 is 20.8 Å². The van der Waals surface area contributed by atoms with E-state index in [1.165, 1.54) is 5.56 Å². The lowest BCUT2D eigenvalue weighted by molar-refractivity contribution is 0.0715. The Balaban J connectivity index is 1.40. The van der Waals surface area contributed by atoms with E-state index < -0.39 is 11.2 Å². The minimum atomic E-state index is -1.09. The largest absolute Gasteiger partial charge is 0.379 e. The van der Waals surface area contributed by atoms with Crippen LogP contribution in [-0.2, 0) is 24.3 Å². The van der Waals surface area contributed by atoms with E-state index >= 15 is 0 Å². The van der Waals surface area contributed by atoms with Gasteiger partial charge in [-0.15, -0.1) is 0 Å². The molecule has 0 spiro atoms. The van der Waals surface area contributed by atoms with Gasteiger partial charge in [0.1, 0.15) is 11.2 Å². The SMILES string of the molecule is OC1(c2ccccc2)CNCc2c(-c3ccc4c(c3)C3(O)CNCc5cccc-4c53)cccc21. The van der Waals surface area contributed by atoms with E-state index in [1.54, 1.807) is 0 Å². The first-order chi connectivity index (χ1) is 16.6. The molecular weight excluding hydrogens is 420 g/mol. The maximum absolute atomic E-state index is 11.9. The highest BCUT2D eigenvalue weighted by Crippen LogP contribution is 2.51. The summed E-state index contributed by atoms with van der Waals surface area (Å²) in [5, 5.41) is 30.5. The van der Waals surface area contributed by atoms with Gasteiger partial charge in [0.15, 0.2) is 0 Å². The van der Waals surface area contributed by atoms with Gasteiger partial charge in [0.2, 0.25) is 0 Å². The lowest BCUT2D eigenvalue weighted by Gasteiger charge is -2.36. The standard InChI is InChI=1S/C30H26N2O2/c33-29(21-7-2-1-3-8-21)17-32-16-25-22(9-5-11-26(25)29)19-12-13-23-24-10-4-6-20-15-31-18-30(34,28(20)24)27(23)14-19/h1-14,31-34H,15-18H2. The van der Waals surface area contributed by atoms with Gasteiger partial charge in [-0.3, -0.25) is 0 Å². The molecule has 4 aromatic rings. The fourth-order valence-electron chi connectivity index (χ4n) is 6.32. The van der Waals surface area contributed by atoms with Crippen LogP contribution in [0, 0.1) is 0 Å². The van der Waals surface area contributed by atoms with Crippen LogP contribution in [0.5, 0.6) is 0 Å². The number of aliphatic hydroxyl groups is 2. The first-order valence-electron chi connectivity index (χ1n) is 11.9. The van der Waals surface area contributed by atoms with Crippen LogP contribution in [-0.4, -0.2) is 23.3 Å². The van der Waals surface area contributed by atoms with Gasteiger partial charge in [0.05, 0.1) is 0 Å². The molecule has 34 heavy (non-hydrogen) atoms. The molecule has 4 heteroatoms. The van der Waals surface area contributed by atoms with E-state index in [2.05, 4.69) is 53.1 Å². The van der Waals surface area contributed by atoms with Crippen LogP contribution in [0.2, 0.25) is 0 Å². The molecule has 2 aliphatic heterocycles. The maximum atomic E-state index is 11.9. The summed E-state index contributed by atoms with van der Waals surface area (Å²) in [7, 11) is 0. The van der Waals surface area contributed by atoms with Crippen molar-refractivity contribution >= 4 is 0 Å². The molecule has 3 aliphatic rings. The Morgan fingerprint density at radius 2 is 1.38 bits per heavy atom. The Morgan fingerprint density at radius 3 is 2.26 bits per heavy atom. The molecule has 0 bridgehead atoms. The van der Waals surface area contributed by atoms with Gasteiger partial charge in [-0.2, -0.15) is 0 Å². The number of β-amino-alcohol motifs (C(OH)–C–C–N with tert-alkyl or cyclic N) is 2. The summed E-state index contributed by atoms with van der Waals surface area (Å²) in [5.74, 6) is 0. The molecule has 0 radical (unpaired) electrons. The highest BCUT2D eigenvalue weighted by atomic mass is 16.3. The Kier molecular flexibility index (Phi) is 4.21. The van der Waals surface area contributed by atoms with Gasteiger partial charge in [0, 0.05) is 31.7 Å². The Bertz CT molecular complexity index is 1450. The third-order valence-electron chi connectivity index (χ3n) is 7.88. The number of fused-ring (bicyclic) bond motifs is 4. The van der Waals surface area contributed by atoms with Crippen LogP contribution in [0.15, 0.2) is 84.9 Å². The Morgan fingerprint density at radius 1 is 0.618 bits per heavy atom. The van der Waals surface area contributed by atoms with Gasteiger partial charge >= 0.3 is 0 Å². The minimum absolute atomic E-state index is 0.473. The molecule has 7 rings (SSSR count). The predicted molar refractivity (Wildman–Crippen MR) is 133 cm³/mol. The van der Waals surface area contributed by atoms with E-state index in [-0.39, 0.29) is 0 Å². The van der Waals surface area contributed by atoms with Crippen molar-refractivity contribution < 1.29 is 10.2 Å². The number of nitrogens with one attached hydrogen (secondary N) is 2. The third kappa shape index (κ3) is 2.62. The maximum Gasteiger partial charge on any atom is 0.128 e. The summed E-state index contributed by atoms with van der Waals surface area (Å²) >= 11 is 0. The van der Waals surface area contributed by atoms with Crippen LogP contribution in [0.4, 0.5) is 0 Å². The summed E-state index contributed by atoms with van der Waals surface area (Å²) in [6, 6.07) is 28.8. The second kappa shape index (κ2) is 7.11.